The zero-order valence-electron chi connectivity index (χ0n) is 8.71. The smallest absolute Gasteiger partial charge is 0.118 e. The van der Waals surface area contributed by atoms with E-state index in [1.54, 1.807) is 7.11 Å². The molecule has 1 aromatic carbocycles. The third-order valence-corrected chi connectivity index (χ3v) is 1.54. The number of hydrogen-bond donors (Lipinski definition) is 1. The van der Waals surface area contributed by atoms with Crippen molar-refractivity contribution in [2.45, 2.75) is 20.4 Å². The van der Waals surface area contributed by atoms with E-state index < -0.39 is 0 Å². The summed E-state index contributed by atoms with van der Waals surface area (Å²) in [5.41, 5.74) is 1.26. The lowest BCUT2D eigenvalue weighted by molar-refractivity contribution is -0.612. The Balaban J connectivity index is 0.000000671. The molecule has 2 heteroatoms. The third-order valence-electron chi connectivity index (χ3n) is 1.54. The number of nitrogens with two attached hydrogens (primary N) is 1. The molecule has 0 fully saturated rings. The highest BCUT2D eigenvalue weighted by molar-refractivity contribution is 5.26. The van der Waals surface area contributed by atoms with E-state index in [9.17, 15) is 0 Å². The molecule has 0 radical (unpaired) electrons. The minimum absolute atomic E-state index is 0.901. The summed E-state index contributed by atoms with van der Waals surface area (Å²) in [7, 11) is 5.34. The van der Waals surface area contributed by atoms with E-state index in [-0.39, 0.29) is 0 Å². The van der Waals surface area contributed by atoms with Gasteiger partial charge in [-0.1, -0.05) is 13.8 Å². The van der Waals surface area contributed by atoms with Crippen LogP contribution in [0, 0.1) is 7.05 Å². The first-order valence-electron chi connectivity index (χ1n) is 4.60. The van der Waals surface area contributed by atoms with Crippen molar-refractivity contribution >= 4 is 0 Å². The van der Waals surface area contributed by atoms with Crippen LogP contribution in [-0.4, -0.2) is 7.11 Å². The molecule has 2 nitrogen and oxygen atoms in total. The lowest BCUT2D eigenvalue weighted by Gasteiger charge is -2.02. The molecule has 1 aromatic rings. The van der Waals surface area contributed by atoms with Gasteiger partial charge in [0.2, 0.25) is 0 Å². The van der Waals surface area contributed by atoms with Crippen LogP contribution in [0.25, 0.3) is 0 Å². The van der Waals surface area contributed by atoms with Gasteiger partial charge >= 0.3 is 0 Å². The lowest BCUT2D eigenvalue weighted by atomic mass is 10.2. The first-order valence-corrected chi connectivity index (χ1v) is 4.60. The van der Waals surface area contributed by atoms with Crippen molar-refractivity contribution < 1.29 is 10.1 Å². The van der Waals surface area contributed by atoms with Gasteiger partial charge in [-0.3, -0.25) is 0 Å². The van der Waals surface area contributed by atoms with Crippen molar-refractivity contribution in [3.8, 4) is 5.75 Å². The molecule has 0 aliphatic heterocycles. The van der Waals surface area contributed by atoms with E-state index >= 15 is 0 Å². The lowest BCUT2D eigenvalue weighted by Crippen LogP contribution is -2.74. The Labute approximate surface area is 80.9 Å². The third kappa shape index (κ3) is 4.53. The second-order valence-corrected chi connectivity index (χ2v) is 2.34. The Bertz CT molecular complexity index is 206. The second-order valence-electron chi connectivity index (χ2n) is 2.34. The molecule has 0 aliphatic carbocycles. The molecule has 1 rings (SSSR count). The summed E-state index contributed by atoms with van der Waals surface area (Å²) < 4.78 is 5.02. The Morgan fingerprint density at radius 3 is 2.15 bits per heavy atom. The average Bonchev–Trinajstić information content (AvgIpc) is 2.23. The van der Waals surface area contributed by atoms with Crippen LogP contribution in [0.15, 0.2) is 24.3 Å². The Morgan fingerprint density at radius 2 is 1.77 bits per heavy atom. The predicted octanol–water partition coefficient (Wildman–Crippen LogP) is 1.58. The van der Waals surface area contributed by atoms with Crippen LogP contribution in [-0.2, 0) is 6.54 Å². The van der Waals surface area contributed by atoms with E-state index in [4.69, 9.17) is 4.74 Å². The van der Waals surface area contributed by atoms with Gasteiger partial charge in [0.15, 0.2) is 0 Å². The first kappa shape index (κ1) is 12.0. The topological polar surface area (TPSA) is 25.8 Å². The molecule has 0 aromatic heterocycles. The van der Waals surface area contributed by atoms with Crippen LogP contribution in [0.1, 0.15) is 19.4 Å². The molecule has 0 heterocycles. The van der Waals surface area contributed by atoms with E-state index in [1.807, 2.05) is 43.4 Å². The number of hydrogen-bond acceptors (Lipinski definition) is 1. The van der Waals surface area contributed by atoms with Crippen LogP contribution in [0.4, 0.5) is 0 Å². The maximum absolute atomic E-state index is 5.02. The maximum Gasteiger partial charge on any atom is 0.118 e. The fraction of sp³-hybridized carbons (Fsp3) is 0.364. The van der Waals surface area contributed by atoms with Gasteiger partial charge in [-0.05, 0) is 24.3 Å². The van der Waals surface area contributed by atoms with Gasteiger partial charge in [0.25, 0.3) is 0 Å². The fourth-order valence-electron chi connectivity index (χ4n) is 0.928. The number of benzene rings is 1. The largest absolute Gasteiger partial charge is 0.497 e. The van der Waals surface area contributed by atoms with Gasteiger partial charge in [-0.2, -0.15) is 7.05 Å². The number of ether oxygens (including phenoxy) is 1. The maximum atomic E-state index is 5.02. The summed E-state index contributed by atoms with van der Waals surface area (Å²) >= 11 is 0. The molecular weight excluding hydrogens is 162 g/mol. The fourth-order valence-corrected chi connectivity index (χ4v) is 0.928. The van der Waals surface area contributed by atoms with Crippen molar-refractivity contribution in [1.29, 1.82) is 0 Å². The predicted molar refractivity (Wildman–Crippen MR) is 55.3 cm³/mol. The summed E-state index contributed by atoms with van der Waals surface area (Å²) in [5, 5.41) is 1.89. The van der Waals surface area contributed by atoms with Crippen LogP contribution in [0.3, 0.4) is 0 Å². The van der Waals surface area contributed by atoms with Crippen LogP contribution >= 0.6 is 0 Å². The van der Waals surface area contributed by atoms with Gasteiger partial charge in [0, 0.05) is 5.56 Å². The van der Waals surface area contributed by atoms with Gasteiger partial charge in [0.1, 0.15) is 5.75 Å². The second kappa shape index (κ2) is 7.62. The van der Waals surface area contributed by atoms with Gasteiger partial charge in [0.05, 0.1) is 13.7 Å². The molecule has 0 aliphatic rings. The molecule has 74 valence electrons. The van der Waals surface area contributed by atoms with Gasteiger partial charge in [-0.25, -0.2) is 0 Å². The molecule has 0 saturated heterocycles. The minimum atomic E-state index is 0.901. The van der Waals surface area contributed by atoms with Crippen molar-refractivity contribution in [2.24, 2.45) is 0 Å². The SMILES string of the molecule is CC.[CH2-][NH2+]Cc1ccc(OC)cc1. The summed E-state index contributed by atoms with van der Waals surface area (Å²) in [4.78, 5) is 0. The molecule has 0 bridgehead atoms. The Kier molecular flexibility index (Phi) is 7.02. The average molecular weight is 181 g/mol. The molecule has 0 unspecified atom stereocenters. The quantitative estimate of drug-likeness (QED) is 0.704. The zero-order valence-corrected chi connectivity index (χ0v) is 8.71. The summed E-state index contributed by atoms with van der Waals surface area (Å²) in [6.45, 7) is 4.92. The normalized spacial score (nSPS) is 8.62. The highest BCUT2D eigenvalue weighted by Gasteiger charge is 1.91. The summed E-state index contributed by atoms with van der Waals surface area (Å²) in [6.07, 6.45) is 0. The number of rotatable bonds is 3. The highest BCUT2D eigenvalue weighted by atomic mass is 16.5. The number of quaternary nitrogens is 1. The zero-order chi connectivity index (χ0) is 10.1. The minimum Gasteiger partial charge on any atom is -0.497 e. The molecule has 13 heavy (non-hydrogen) atoms. The van der Waals surface area contributed by atoms with Gasteiger partial charge in [-0.15, -0.1) is 0 Å². The van der Waals surface area contributed by atoms with E-state index in [2.05, 4.69) is 7.05 Å². The molecule has 0 atom stereocenters. The van der Waals surface area contributed by atoms with E-state index in [0.29, 0.717) is 0 Å². The van der Waals surface area contributed by atoms with E-state index in [1.165, 1.54) is 5.56 Å². The van der Waals surface area contributed by atoms with Gasteiger partial charge < -0.3 is 10.1 Å². The van der Waals surface area contributed by atoms with Crippen molar-refractivity contribution in [1.82, 2.24) is 0 Å². The van der Waals surface area contributed by atoms with E-state index in [0.717, 1.165) is 12.3 Å². The van der Waals surface area contributed by atoms with Crippen LogP contribution in [0.2, 0.25) is 0 Å². The Morgan fingerprint density at radius 1 is 1.23 bits per heavy atom. The molecule has 0 spiro atoms. The highest BCUT2D eigenvalue weighted by Crippen LogP contribution is 2.09. The molecule has 0 amide bonds. The molecular formula is C11H19NO. The van der Waals surface area contributed by atoms with Crippen LogP contribution in [0.5, 0.6) is 5.75 Å². The van der Waals surface area contributed by atoms with Crippen molar-refractivity contribution in [3.05, 3.63) is 36.9 Å². The summed E-state index contributed by atoms with van der Waals surface area (Å²) in [6, 6.07) is 8.00. The Hall–Kier alpha value is -1.02. The van der Waals surface area contributed by atoms with Crippen molar-refractivity contribution in [2.75, 3.05) is 7.11 Å². The standard InChI is InChI=1S/C9H13NO.C2H6/c1-10-7-8-3-5-9(11-2)6-4-8;1-2/h3-6H,1,7,10H2,2H3;1-2H3. The number of methoxy groups -OCH3 is 1. The first-order chi connectivity index (χ1) is 6.36. The monoisotopic (exact) mass is 181 g/mol. The molecule has 2 N–H and O–H groups in total. The van der Waals surface area contributed by atoms with Crippen molar-refractivity contribution in [3.63, 3.8) is 0 Å². The summed E-state index contributed by atoms with van der Waals surface area (Å²) in [5.74, 6) is 0.901. The molecule has 0 saturated carbocycles. The van der Waals surface area contributed by atoms with Crippen LogP contribution < -0.4 is 10.1 Å².